The Morgan fingerprint density at radius 3 is 2.67 bits per heavy atom. The molecule has 1 aromatic heterocycles. The predicted molar refractivity (Wildman–Crippen MR) is 81.1 cm³/mol. The van der Waals surface area contributed by atoms with Crippen molar-refractivity contribution in [1.82, 2.24) is 4.98 Å². The highest BCUT2D eigenvalue weighted by atomic mass is 16.6. The number of amides is 1. The van der Waals surface area contributed by atoms with Crippen LogP contribution in [0.4, 0.5) is 16.2 Å². The lowest BCUT2D eigenvalue weighted by Gasteiger charge is -2.28. The molecule has 0 saturated heterocycles. The number of aromatic nitrogens is 1. The largest absolute Gasteiger partial charge is 0.424 e. The lowest BCUT2D eigenvalue weighted by atomic mass is 10.1. The summed E-state index contributed by atoms with van der Waals surface area (Å²) < 4.78 is 5.47. The van der Waals surface area contributed by atoms with Crippen molar-refractivity contribution in [3.05, 3.63) is 60.3 Å². The third-order valence-corrected chi connectivity index (χ3v) is 3.67. The van der Waals surface area contributed by atoms with E-state index in [0.717, 1.165) is 27.8 Å². The highest BCUT2D eigenvalue weighted by molar-refractivity contribution is 6.12. The first kappa shape index (κ1) is 11.9. The first-order valence-electron chi connectivity index (χ1n) is 6.71. The van der Waals surface area contributed by atoms with Crippen molar-refractivity contribution >= 4 is 28.4 Å². The molecule has 1 aliphatic heterocycles. The minimum atomic E-state index is -0.398. The molecule has 0 saturated carbocycles. The summed E-state index contributed by atoms with van der Waals surface area (Å²) in [4.78, 5) is 18.4. The average Bonchev–Trinajstić information content (AvgIpc) is 2.52. The Morgan fingerprint density at radius 1 is 1.05 bits per heavy atom. The van der Waals surface area contributed by atoms with E-state index in [1.807, 2.05) is 55.5 Å². The second kappa shape index (κ2) is 4.31. The van der Waals surface area contributed by atoms with Crippen molar-refractivity contribution in [2.24, 2.45) is 0 Å². The summed E-state index contributed by atoms with van der Waals surface area (Å²) in [6, 6.07) is 15.1. The number of para-hydroxylation sites is 1. The van der Waals surface area contributed by atoms with Gasteiger partial charge in [-0.05, 0) is 36.8 Å². The highest BCUT2D eigenvalue weighted by Gasteiger charge is 2.29. The van der Waals surface area contributed by atoms with Crippen LogP contribution in [0.15, 0.2) is 54.7 Å². The molecule has 4 heteroatoms. The maximum Gasteiger partial charge on any atom is 0.424 e. The van der Waals surface area contributed by atoms with Crippen LogP contribution in [0.25, 0.3) is 10.9 Å². The number of hydrogen-bond donors (Lipinski definition) is 0. The van der Waals surface area contributed by atoms with Crippen molar-refractivity contribution in [3.63, 3.8) is 0 Å². The fourth-order valence-electron chi connectivity index (χ4n) is 2.69. The first-order chi connectivity index (χ1) is 10.3. The van der Waals surface area contributed by atoms with E-state index in [4.69, 9.17) is 4.74 Å². The van der Waals surface area contributed by atoms with Crippen LogP contribution in [0.5, 0.6) is 5.75 Å². The van der Waals surface area contributed by atoms with Crippen molar-refractivity contribution in [1.29, 1.82) is 0 Å². The summed E-state index contributed by atoms with van der Waals surface area (Å²) in [5, 5.41) is 0.876. The summed E-state index contributed by atoms with van der Waals surface area (Å²) in [7, 11) is 0. The highest BCUT2D eigenvalue weighted by Crippen LogP contribution is 2.41. The van der Waals surface area contributed by atoms with Gasteiger partial charge in [0.25, 0.3) is 0 Å². The number of nitrogens with zero attached hydrogens (tertiary/aromatic N) is 2. The van der Waals surface area contributed by atoms with Gasteiger partial charge in [0.2, 0.25) is 0 Å². The normalized spacial score (nSPS) is 13.4. The van der Waals surface area contributed by atoms with Crippen LogP contribution in [0.3, 0.4) is 0 Å². The number of pyridine rings is 1. The van der Waals surface area contributed by atoms with E-state index < -0.39 is 6.09 Å². The number of hydrogen-bond acceptors (Lipinski definition) is 3. The molecule has 0 bridgehead atoms. The molecule has 0 fully saturated rings. The number of ether oxygens (including phenoxy) is 1. The number of rotatable bonds is 1. The molecule has 1 amide bonds. The molecule has 0 spiro atoms. The molecule has 0 unspecified atom stereocenters. The topological polar surface area (TPSA) is 42.4 Å². The van der Waals surface area contributed by atoms with Crippen molar-refractivity contribution < 1.29 is 9.53 Å². The molecule has 0 aliphatic carbocycles. The maximum absolute atomic E-state index is 12.4. The molecule has 21 heavy (non-hydrogen) atoms. The number of carbonyl (C=O) groups excluding carboxylic acids is 1. The molecule has 1 aliphatic rings. The van der Waals surface area contributed by atoms with E-state index in [-0.39, 0.29) is 0 Å². The van der Waals surface area contributed by atoms with Gasteiger partial charge in [-0.2, -0.15) is 0 Å². The van der Waals surface area contributed by atoms with Crippen molar-refractivity contribution in [2.45, 2.75) is 6.92 Å². The van der Waals surface area contributed by atoms with E-state index in [1.54, 1.807) is 11.1 Å². The Balaban J connectivity index is 2.05. The van der Waals surface area contributed by atoms with Gasteiger partial charge in [0, 0.05) is 6.20 Å². The van der Waals surface area contributed by atoms with Gasteiger partial charge in [0.15, 0.2) is 0 Å². The zero-order valence-corrected chi connectivity index (χ0v) is 11.4. The molecule has 0 radical (unpaired) electrons. The standard InChI is InChI=1S/C17H12N2O2/c1-11-7-8-14-15-13(9-10-18-16(11)15)19(17(20)21-14)12-5-3-2-4-6-12/h2-10H,1H3. The van der Waals surface area contributed by atoms with Gasteiger partial charge in [-0.1, -0.05) is 24.3 Å². The van der Waals surface area contributed by atoms with Gasteiger partial charge in [0.05, 0.1) is 22.3 Å². The quantitative estimate of drug-likeness (QED) is 0.669. The number of carbonyl (C=O) groups is 1. The molecule has 4 rings (SSSR count). The minimum absolute atomic E-state index is 0.398. The summed E-state index contributed by atoms with van der Waals surface area (Å²) in [5.74, 6) is 0.566. The van der Waals surface area contributed by atoms with Crippen molar-refractivity contribution in [2.75, 3.05) is 4.90 Å². The number of aryl methyl sites for hydroxylation is 1. The van der Waals surface area contributed by atoms with E-state index in [9.17, 15) is 4.79 Å². The van der Waals surface area contributed by atoms with Crippen LogP contribution in [0, 0.1) is 6.92 Å². The summed E-state index contributed by atoms with van der Waals surface area (Å²) >= 11 is 0. The Morgan fingerprint density at radius 2 is 1.86 bits per heavy atom. The molecule has 0 atom stereocenters. The van der Waals surface area contributed by atoms with Gasteiger partial charge in [-0.25, -0.2) is 9.69 Å². The van der Waals surface area contributed by atoms with Gasteiger partial charge in [0.1, 0.15) is 5.75 Å². The Bertz CT molecular complexity index is 859. The monoisotopic (exact) mass is 276 g/mol. The molecule has 2 aromatic carbocycles. The van der Waals surface area contributed by atoms with E-state index in [2.05, 4.69) is 4.98 Å². The minimum Gasteiger partial charge on any atom is -0.409 e. The third kappa shape index (κ3) is 1.69. The SMILES string of the molecule is Cc1ccc2c3c(ccnc13)N(c1ccccc1)C(=O)O2. The van der Waals surface area contributed by atoms with Gasteiger partial charge in [-0.3, -0.25) is 4.98 Å². The van der Waals surface area contributed by atoms with Crippen LogP contribution >= 0.6 is 0 Å². The smallest absolute Gasteiger partial charge is 0.409 e. The molecule has 3 aromatic rings. The number of anilines is 2. The summed E-state index contributed by atoms with van der Waals surface area (Å²) in [6.07, 6.45) is 1.33. The van der Waals surface area contributed by atoms with Crippen LogP contribution in [-0.2, 0) is 0 Å². The van der Waals surface area contributed by atoms with Gasteiger partial charge < -0.3 is 4.74 Å². The van der Waals surface area contributed by atoms with E-state index in [0.29, 0.717) is 5.75 Å². The Labute approximate surface area is 121 Å². The third-order valence-electron chi connectivity index (χ3n) is 3.67. The number of benzene rings is 2. The van der Waals surface area contributed by atoms with E-state index >= 15 is 0 Å². The van der Waals surface area contributed by atoms with Gasteiger partial charge in [-0.15, -0.1) is 0 Å². The molecule has 4 nitrogen and oxygen atoms in total. The average molecular weight is 276 g/mol. The van der Waals surface area contributed by atoms with Crippen LogP contribution in [0.1, 0.15) is 5.56 Å². The fourth-order valence-corrected chi connectivity index (χ4v) is 2.69. The Hall–Kier alpha value is -2.88. The van der Waals surface area contributed by atoms with Gasteiger partial charge >= 0.3 is 6.09 Å². The fraction of sp³-hybridized carbons (Fsp3) is 0.0588. The molecule has 2 heterocycles. The zero-order valence-electron chi connectivity index (χ0n) is 11.4. The zero-order chi connectivity index (χ0) is 14.4. The molecular formula is C17H12N2O2. The van der Waals surface area contributed by atoms with Crippen LogP contribution in [-0.4, -0.2) is 11.1 Å². The second-order valence-corrected chi connectivity index (χ2v) is 4.97. The summed E-state index contributed by atoms with van der Waals surface area (Å²) in [5.41, 5.74) is 3.50. The van der Waals surface area contributed by atoms with E-state index in [1.165, 1.54) is 0 Å². The van der Waals surface area contributed by atoms with Crippen LogP contribution in [0.2, 0.25) is 0 Å². The Kier molecular flexibility index (Phi) is 2.44. The van der Waals surface area contributed by atoms with Crippen LogP contribution < -0.4 is 9.64 Å². The second-order valence-electron chi connectivity index (χ2n) is 4.97. The molecule has 102 valence electrons. The summed E-state index contributed by atoms with van der Waals surface area (Å²) in [6.45, 7) is 2.00. The lowest BCUT2D eigenvalue weighted by molar-refractivity contribution is 0.210. The van der Waals surface area contributed by atoms with Crippen molar-refractivity contribution in [3.8, 4) is 5.75 Å². The lowest BCUT2D eigenvalue weighted by Crippen LogP contribution is -2.32. The molecular weight excluding hydrogens is 264 g/mol. The maximum atomic E-state index is 12.4. The first-order valence-corrected chi connectivity index (χ1v) is 6.71. The predicted octanol–water partition coefficient (Wildman–Crippen LogP) is 4.19. The molecule has 0 N–H and O–H groups in total.